The van der Waals surface area contributed by atoms with E-state index in [1.165, 1.54) is 0 Å². The molecule has 0 bridgehead atoms. The fourth-order valence-electron chi connectivity index (χ4n) is 5.23. The molecule has 9 nitrogen and oxygen atoms in total. The monoisotopic (exact) mass is 361 g/mol. The summed E-state index contributed by atoms with van der Waals surface area (Å²) in [5.74, 6) is -0.665. The van der Waals surface area contributed by atoms with Crippen molar-refractivity contribution in [1.29, 1.82) is 0 Å². The number of ether oxygens (including phenoxy) is 2. The summed E-state index contributed by atoms with van der Waals surface area (Å²) in [7, 11) is 0. The van der Waals surface area contributed by atoms with Crippen molar-refractivity contribution in [3.63, 3.8) is 0 Å². The number of anilines is 1. The molecular formula is C17H23N5O4. The van der Waals surface area contributed by atoms with Gasteiger partial charge in [-0.25, -0.2) is 4.98 Å². The van der Waals surface area contributed by atoms with Gasteiger partial charge in [-0.3, -0.25) is 9.78 Å². The molecule has 5 rings (SSSR count). The zero-order valence-corrected chi connectivity index (χ0v) is 14.8. The minimum absolute atomic E-state index is 0.0540. The Bertz CT molecular complexity index is 937. The van der Waals surface area contributed by atoms with Gasteiger partial charge in [0, 0.05) is 5.41 Å². The van der Waals surface area contributed by atoms with Gasteiger partial charge >= 0.3 is 0 Å². The molecule has 26 heavy (non-hydrogen) atoms. The smallest absolute Gasteiger partial charge is 0.280 e. The molecule has 0 unspecified atom stereocenters. The van der Waals surface area contributed by atoms with Crippen LogP contribution in [0.1, 0.15) is 45.6 Å². The normalized spacial score (nSPS) is 38.4. The van der Waals surface area contributed by atoms with Crippen LogP contribution in [0.2, 0.25) is 0 Å². The Morgan fingerprint density at radius 2 is 2.23 bits per heavy atom. The van der Waals surface area contributed by atoms with Crippen molar-refractivity contribution in [2.75, 3.05) is 5.73 Å². The van der Waals surface area contributed by atoms with Crippen molar-refractivity contribution in [2.45, 2.75) is 69.7 Å². The van der Waals surface area contributed by atoms with Gasteiger partial charge in [0.15, 0.2) is 17.0 Å². The summed E-state index contributed by atoms with van der Waals surface area (Å²) >= 11 is 0. The molecule has 2 aromatic rings. The molecule has 0 amide bonds. The molecule has 3 fully saturated rings. The number of hydrogen-bond acceptors (Lipinski definition) is 7. The maximum Gasteiger partial charge on any atom is 0.280 e. The predicted molar refractivity (Wildman–Crippen MR) is 92.3 cm³/mol. The average molecular weight is 361 g/mol. The van der Waals surface area contributed by atoms with Crippen LogP contribution in [-0.2, 0) is 9.47 Å². The quantitative estimate of drug-likeness (QED) is 0.682. The highest BCUT2D eigenvalue weighted by molar-refractivity contribution is 5.70. The van der Waals surface area contributed by atoms with Gasteiger partial charge in [-0.05, 0) is 33.1 Å². The Morgan fingerprint density at radius 1 is 1.42 bits per heavy atom. The van der Waals surface area contributed by atoms with Gasteiger partial charge in [-0.2, -0.15) is 4.98 Å². The van der Waals surface area contributed by atoms with E-state index in [4.69, 9.17) is 15.2 Å². The highest BCUT2D eigenvalue weighted by atomic mass is 16.8. The second-order valence-corrected chi connectivity index (χ2v) is 8.21. The van der Waals surface area contributed by atoms with Gasteiger partial charge in [-0.15, -0.1) is 0 Å². The number of nitrogens with two attached hydrogens (primary N) is 1. The standard InChI is InChI=1S/C17H23N5O4/c1-16(2)25-11-8(6-17(12(11)26-16)5-3-4-9(17)23)22-7-19-10-13(22)20-15(18)21-14(10)24/h7-9,11-12,23H,3-6H2,1-2H3,(H3,18,20,21,24)/t8-,9-,11+,12+,17-/m1/s1. The fraction of sp³-hybridized carbons (Fsp3) is 0.706. The summed E-state index contributed by atoms with van der Waals surface area (Å²) in [6.07, 6.45) is 4.09. The van der Waals surface area contributed by atoms with Crippen molar-refractivity contribution < 1.29 is 14.6 Å². The highest BCUT2D eigenvalue weighted by Crippen LogP contribution is 2.60. The minimum atomic E-state index is -0.719. The van der Waals surface area contributed by atoms with E-state index in [1.807, 2.05) is 18.4 Å². The molecule has 1 spiro atoms. The van der Waals surface area contributed by atoms with Gasteiger partial charge in [0.25, 0.3) is 5.56 Å². The van der Waals surface area contributed by atoms with Crippen molar-refractivity contribution >= 4 is 17.1 Å². The van der Waals surface area contributed by atoms with Crippen LogP contribution in [0.4, 0.5) is 5.95 Å². The van der Waals surface area contributed by atoms with Crippen molar-refractivity contribution in [3.05, 3.63) is 16.7 Å². The van der Waals surface area contributed by atoms with Crippen LogP contribution in [-0.4, -0.2) is 48.7 Å². The number of nitrogens with one attached hydrogen (secondary N) is 1. The Morgan fingerprint density at radius 3 is 2.96 bits per heavy atom. The SMILES string of the molecule is CC1(C)O[C@H]2[C@H](n3cnc4c(=O)[nH]c(N)nc43)C[C@@]3(CCC[C@H]3O)[C@H]2O1. The van der Waals surface area contributed by atoms with Crippen LogP contribution in [0.5, 0.6) is 0 Å². The summed E-state index contributed by atoms with van der Waals surface area (Å²) in [6.45, 7) is 3.79. The van der Waals surface area contributed by atoms with Crippen LogP contribution in [0, 0.1) is 5.41 Å². The first-order chi connectivity index (χ1) is 12.3. The van der Waals surface area contributed by atoms with Gasteiger partial charge in [0.2, 0.25) is 5.95 Å². The van der Waals surface area contributed by atoms with Crippen LogP contribution in [0.25, 0.3) is 11.2 Å². The van der Waals surface area contributed by atoms with E-state index in [0.29, 0.717) is 12.1 Å². The number of H-pyrrole nitrogens is 1. The number of rotatable bonds is 1. The van der Waals surface area contributed by atoms with E-state index in [2.05, 4.69) is 15.0 Å². The Hall–Kier alpha value is -1.97. The average Bonchev–Trinajstić information content (AvgIpc) is 3.26. The molecule has 0 aromatic carbocycles. The maximum absolute atomic E-state index is 12.1. The molecule has 5 atom stereocenters. The third-order valence-electron chi connectivity index (χ3n) is 6.26. The number of aliphatic hydroxyl groups excluding tert-OH is 1. The van der Waals surface area contributed by atoms with E-state index < -0.39 is 11.9 Å². The van der Waals surface area contributed by atoms with Gasteiger partial charge in [-0.1, -0.05) is 6.42 Å². The lowest BCUT2D eigenvalue weighted by molar-refractivity contribution is -0.176. The summed E-state index contributed by atoms with van der Waals surface area (Å²) in [6, 6.07) is -0.131. The topological polar surface area (TPSA) is 128 Å². The number of aromatic nitrogens is 4. The zero-order chi connectivity index (χ0) is 18.3. The number of imidazole rings is 1. The van der Waals surface area contributed by atoms with Crippen LogP contribution < -0.4 is 11.3 Å². The molecule has 4 N–H and O–H groups in total. The van der Waals surface area contributed by atoms with E-state index in [9.17, 15) is 9.90 Å². The van der Waals surface area contributed by atoms with Crippen molar-refractivity contribution in [2.24, 2.45) is 5.41 Å². The van der Waals surface area contributed by atoms with E-state index in [0.717, 1.165) is 19.3 Å². The van der Waals surface area contributed by atoms with E-state index in [-0.39, 0.29) is 40.7 Å². The molecule has 2 aromatic heterocycles. The molecule has 9 heteroatoms. The Balaban J connectivity index is 1.65. The number of nitrogens with zero attached hydrogens (tertiary/aromatic N) is 3. The summed E-state index contributed by atoms with van der Waals surface area (Å²) < 4.78 is 14.3. The molecule has 3 heterocycles. The molecule has 2 saturated carbocycles. The third kappa shape index (κ3) is 2.04. The van der Waals surface area contributed by atoms with E-state index in [1.54, 1.807) is 6.33 Å². The number of nitrogen functional groups attached to an aromatic ring is 1. The van der Waals surface area contributed by atoms with Gasteiger partial charge < -0.3 is 24.9 Å². The minimum Gasteiger partial charge on any atom is -0.392 e. The molecular weight excluding hydrogens is 338 g/mol. The molecule has 1 saturated heterocycles. The van der Waals surface area contributed by atoms with Gasteiger partial charge in [0.1, 0.15) is 6.10 Å². The van der Waals surface area contributed by atoms with Crippen molar-refractivity contribution in [3.8, 4) is 0 Å². The van der Waals surface area contributed by atoms with Gasteiger partial charge in [0.05, 0.1) is 24.6 Å². The highest BCUT2D eigenvalue weighted by Gasteiger charge is 2.65. The number of hydrogen-bond donors (Lipinski definition) is 3. The Labute approximate surface area is 149 Å². The molecule has 2 aliphatic carbocycles. The lowest BCUT2D eigenvalue weighted by Crippen LogP contribution is -2.41. The first-order valence-corrected chi connectivity index (χ1v) is 9.07. The second kappa shape index (κ2) is 5.05. The van der Waals surface area contributed by atoms with Crippen molar-refractivity contribution in [1.82, 2.24) is 19.5 Å². The molecule has 140 valence electrons. The molecule has 3 aliphatic rings. The number of aromatic amines is 1. The van der Waals surface area contributed by atoms with E-state index >= 15 is 0 Å². The first kappa shape index (κ1) is 16.2. The lowest BCUT2D eigenvalue weighted by Gasteiger charge is -2.34. The molecule has 1 aliphatic heterocycles. The van der Waals surface area contributed by atoms with Crippen LogP contribution >= 0.6 is 0 Å². The predicted octanol–water partition coefficient (Wildman–Crippen LogP) is 0.698. The van der Waals surface area contributed by atoms with Crippen LogP contribution in [0.15, 0.2) is 11.1 Å². The maximum atomic E-state index is 12.1. The molecule has 0 radical (unpaired) electrons. The third-order valence-corrected chi connectivity index (χ3v) is 6.26. The summed E-state index contributed by atoms with van der Waals surface area (Å²) in [5, 5.41) is 10.8. The first-order valence-electron chi connectivity index (χ1n) is 9.07. The largest absolute Gasteiger partial charge is 0.392 e. The van der Waals surface area contributed by atoms with Crippen LogP contribution in [0.3, 0.4) is 0 Å². The zero-order valence-electron chi connectivity index (χ0n) is 14.8. The summed E-state index contributed by atoms with van der Waals surface area (Å²) in [4.78, 5) is 23.1. The fourth-order valence-corrected chi connectivity index (χ4v) is 5.23. The second-order valence-electron chi connectivity index (χ2n) is 8.21. The Kier molecular flexibility index (Phi) is 3.15. The number of aliphatic hydroxyl groups is 1. The number of fused-ring (bicyclic) bond motifs is 3. The summed E-state index contributed by atoms with van der Waals surface area (Å²) in [5.41, 5.74) is 5.72. The lowest BCUT2D eigenvalue weighted by atomic mass is 9.80.